The lowest BCUT2D eigenvalue weighted by atomic mass is 10.1. The van der Waals surface area contributed by atoms with Gasteiger partial charge >= 0.3 is 0 Å². The number of aromatic nitrogens is 2. The number of carbonyl (C=O) groups is 1. The van der Waals surface area contributed by atoms with Crippen LogP contribution in [0.1, 0.15) is 41.9 Å². The second-order valence-electron chi connectivity index (χ2n) is 6.72. The molecule has 1 aromatic carbocycles. The minimum atomic E-state index is -3.14. The van der Waals surface area contributed by atoms with Gasteiger partial charge in [-0.3, -0.25) is 23.3 Å². The molecule has 1 aliphatic heterocycles. The van der Waals surface area contributed by atoms with Gasteiger partial charge in [0.2, 0.25) is 11.7 Å². The molecule has 28 heavy (non-hydrogen) atoms. The first-order valence-corrected chi connectivity index (χ1v) is 10.6. The van der Waals surface area contributed by atoms with Crippen LogP contribution in [0, 0.1) is 0 Å². The van der Waals surface area contributed by atoms with E-state index in [9.17, 15) is 23.8 Å². The summed E-state index contributed by atoms with van der Waals surface area (Å²) in [5.41, 5.74) is -0.422. The third-order valence-corrected chi connectivity index (χ3v) is 6.60. The molecule has 1 atom stereocenters. The molecule has 0 aliphatic carbocycles. The second-order valence-corrected chi connectivity index (χ2v) is 8.84. The quantitative estimate of drug-likeness (QED) is 0.611. The minimum absolute atomic E-state index is 0.0555. The molecule has 9 nitrogen and oxygen atoms in total. The molecular weight excluding hydrogens is 384 g/mol. The molecule has 0 bridgehead atoms. The molecule has 1 fully saturated rings. The predicted molar refractivity (Wildman–Crippen MR) is 108 cm³/mol. The van der Waals surface area contributed by atoms with Gasteiger partial charge in [0.05, 0.1) is 11.8 Å². The number of rotatable bonds is 4. The second kappa shape index (κ2) is 7.82. The van der Waals surface area contributed by atoms with Crippen LogP contribution in [0.5, 0.6) is 5.75 Å². The van der Waals surface area contributed by atoms with Crippen LogP contribution in [0.25, 0.3) is 0 Å². The highest BCUT2D eigenvalue weighted by Crippen LogP contribution is 2.48. The van der Waals surface area contributed by atoms with E-state index in [-0.39, 0.29) is 24.3 Å². The Bertz CT molecular complexity index is 932. The molecular formula is C18H24N4O5S. The van der Waals surface area contributed by atoms with Crippen molar-refractivity contribution in [3.8, 4) is 5.75 Å². The fourth-order valence-corrected chi connectivity index (χ4v) is 4.75. The van der Waals surface area contributed by atoms with Crippen molar-refractivity contribution >= 4 is 22.6 Å². The van der Waals surface area contributed by atoms with Crippen LogP contribution in [0.4, 0.5) is 5.95 Å². The summed E-state index contributed by atoms with van der Waals surface area (Å²) in [4.78, 5) is 29.3. The van der Waals surface area contributed by atoms with E-state index < -0.39 is 33.7 Å². The number of aromatic hydroxyl groups is 1. The van der Waals surface area contributed by atoms with Gasteiger partial charge in [-0.2, -0.15) is 0 Å². The fraction of sp³-hybridized carbons (Fsp3) is 0.389. The van der Waals surface area contributed by atoms with E-state index >= 15 is 0 Å². The van der Waals surface area contributed by atoms with Gasteiger partial charge in [-0.25, -0.2) is 9.29 Å². The molecule has 4 N–H and O–H groups in total. The molecule has 152 valence electrons. The van der Waals surface area contributed by atoms with E-state index in [0.717, 1.165) is 10.1 Å². The van der Waals surface area contributed by atoms with Gasteiger partial charge in [-0.15, -0.1) is 10.8 Å². The zero-order valence-electron chi connectivity index (χ0n) is 15.7. The van der Waals surface area contributed by atoms with Crippen molar-refractivity contribution in [1.29, 1.82) is 0 Å². The van der Waals surface area contributed by atoms with Gasteiger partial charge in [-0.05, 0) is 25.3 Å². The van der Waals surface area contributed by atoms with Crippen LogP contribution in [0.2, 0.25) is 0 Å². The van der Waals surface area contributed by atoms with Crippen molar-refractivity contribution in [2.45, 2.75) is 25.8 Å². The van der Waals surface area contributed by atoms with Gasteiger partial charge in [0.1, 0.15) is 0 Å². The first kappa shape index (κ1) is 20.2. The molecule has 1 aliphatic rings. The van der Waals surface area contributed by atoms with E-state index in [2.05, 4.69) is 10.3 Å². The maximum absolute atomic E-state index is 12.7. The highest BCUT2D eigenvalue weighted by atomic mass is 32.3. The molecule has 0 spiro atoms. The predicted octanol–water partition coefficient (Wildman–Crippen LogP) is 2.24. The number of hydrogen-bond acceptors (Lipinski definition) is 7. The average molecular weight is 408 g/mol. The SMILES string of the molecule is CC(NC(=O)c1nc(N2CCCCS2(O)O)n(C)c(=O)c1O)c1ccccc1. The largest absolute Gasteiger partial charge is 0.501 e. The Morgan fingerprint density at radius 2 is 1.93 bits per heavy atom. The lowest BCUT2D eigenvalue weighted by Crippen LogP contribution is -2.40. The zero-order chi connectivity index (χ0) is 20.5. The average Bonchev–Trinajstić information content (AvgIpc) is 2.67. The van der Waals surface area contributed by atoms with Crippen molar-refractivity contribution in [3.63, 3.8) is 0 Å². The van der Waals surface area contributed by atoms with Crippen LogP contribution >= 0.6 is 10.8 Å². The number of carbonyl (C=O) groups excluding carboxylic acids is 1. The summed E-state index contributed by atoms with van der Waals surface area (Å²) in [5.74, 6) is -1.39. The first-order chi connectivity index (χ1) is 13.2. The standard InChI is InChI=1S/C18H24N4O5S/c1-12(13-8-4-3-5-9-13)19-16(24)14-15(23)17(25)21(2)18(20-14)22-10-6-7-11-28(22,26)27/h3-5,8-9,12,23,26-27H,6-7,10-11H2,1-2H3,(H,19,24). The van der Waals surface area contributed by atoms with Crippen molar-refractivity contribution in [2.75, 3.05) is 16.6 Å². The summed E-state index contributed by atoms with van der Waals surface area (Å²) in [6.07, 6.45) is 1.34. The highest BCUT2D eigenvalue weighted by Gasteiger charge is 2.32. The maximum atomic E-state index is 12.7. The van der Waals surface area contributed by atoms with E-state index in [1.807, 2.05) is 30.3 Å². The number of hydrogen-bond donors (Lipinski definition) is 4. The molecule has 1 amide bonds. The molecule has 1 saturated heterocycles. The Morgan fingerprint density at radius 1 is 1.25 bits per heavy atom. The summed E-state index contributed by atoms with van der Waals surface area (Å²) in [6.45, 7) is 2.06. The number of nitrogens with zero attached hydrogens (tertiary/aromatic N) is 3. The van der Waals surface area contributed by atoms with Crippen molar-refractivity contribution in [3.05, 3.63) is 51.9 Å². The van der Waals surface area contributed by atoms with Crippen LogP contribution in [0.3, 0.4) is 0 Å². The van der Waals surface area contributed by atoms with Crippen LogP contribution in [-0.2, 0) is 7.05 Å². The summed E-state index contributed by atoms with van der Waals surface area (Å²) in [7, 11) is -1.78. The topological polar surface area (TPSA) is 128 Å². The number of benzene rings is 1. The highest BCUT2D eigenvalue weighted by molar-refractivity contribution is 8.25. The Morgan fingerprint density at radius 3 is 2.57 bits per heavy atom. The van der Waals surface area contributed by atoms with Gasteiger partial charge < -0.3 is 10.4 Å². The van der Waals surface area contributed by atoms with Gasteiger partial charge in [-0.1, -0.05) is 30.3 Å². The summed E-state index contributed by atoms with van der Waals surface area (Å²) in [5, 5.41) is 12.9. The number of nitrogens with one attached hydrogen (secondary N) is 1. The Hall–Kier alpha value is -2.56. The maximum Gasteiger partial charge on any atom is 0.297 e. The molecule has 1 aromatic heterocycles. The third-order valence-electron chi connectivity index (χ3n) is 4.71. The monoisotopic (exact) mass is 408 g/mol. The lowest BCUT2D eigenvalue weighted by molar-refractivity contribution is 0.0931. The van der Waals surface area contributed by atoms with Crippen LogP contribution < -0.4 is 15.2 Å². The van der Waals surface area contributed by atoms with Crippen molar-refractivity contribution in [2.24, 2.45) is 7.05 Å². The Balaban J connectivity index is 1.96. The van der Waals surface area contributed by atoms with Crippen molar-refractivity contribution in [1.82, 2.24) is 14.9 Å². The lowest BCUT2D eigenvalue weighted by Gasteiger charge is -2.46. The van der Waals surface area contributed by atoms with E-state index in [1.165, 1.54) is 11.4 Å². The van der Waals surface area contributed by atoms with Gasteiger partial charge in [0, 0.05) is 13.6 Å². The van der Waals surface area contributed by atoms with E-state index in [4.69, 9.17) is 0 Å². The molecule has 10 heteroatoms. The molecule has 0 saturated carbocycles. The third kappa shape index (κ3) is 3.84. The summed E-state index contributed by atoms with van der Waals surface area (Å²) < 4.78 is 22.9. The molecule has 2 heterocycles. The normalized spacial score (nSPS) is 18.4. The van der Waals surface area contributed by atoms with E-state index in [0.29, 0.717) is 12.8 Å². The number of amides is 1. The Kier molecular flexibility index (Phi) is 5.64. The van der Waals surface area contributed by atoms with Crippen LogP contribution in [-0.4, -0.2) is 42.0 Å². The van der Waals surface area contributed by atoms with Gasteiger partial charge in [0.15, 0.2) is 5.69 Å². The molecule has 3 rings (SSSR count). The minimum Gasteiger partial charge on any atom is -0.501 e. The summed E-state index contributed by atoms with van der Waals surface area (Å²) >= 11 is 0. The Labute approximate surface area is 164 Å². The molecule has 0 radical (unpaired) electrons. The fourth-order valence-electron chi connectivity index (χ4n) is 3.09. The smallest absolute Gasteiger partial charge is 0.297 e. The zero-order valence-corrected chi connectivity index (χ0v) is 16.5. The van der Waals surface area contributed by atoms with Crippen molar-refractivity contribution < 1.29 is 19.0 Å². The van der Waals surface area contributed by atoms with E-state index in [1.54, 1.807) is 6.92 Å². The first-order valence-electron chi connectivity index (χ1n) is 8.92. The molecule has 2 aromatic rings. The summed E-state index contributed by atoms with van der Waals surface area (Å²) in [6, 6.07) is 8.84. The molecule has 1 unspecified atom stereocenters. The number of anilines is 1. The van der Waals surface area contributed by atoms with Crippen LogP contribution in [0.15, 0.2) is 35.1 Å². The van der Waals surface area contributed by atoms with Gasteiger partial charge in [0.25, 0.3) is 11.5 Å².